The molecule has 1 fully saturated rings. The molecule has 0 spiro atoms. The summed E-state index contributed by atoms with van der Waals surface area (Å²) in [5.74, 6) is 0. The SMILES string of the molecule is Cc1nc(C)c(CNc2cccc(N3CCCC3)c2)s1. The van der Waals surface area contributed by atoms with E-state index in [2.05, 4.69) is 53.3 Å². The highest BCUT2D eigenvalue weighted by atomic mass is 32.1. The third-order valence-corrected chi connectivity index (χ3v) is 4.84. The fourth-order valence-electron chi connectivity index (χ4n) is 2.71. The number of benzene rings is 1. The number of nitrogens with zero attached hydrogens (tertiary/aromatic N) is 2. The van der Waals surface area contributed by atoms with Crippen LogP contribution in [0.3, 0.4) is 0 Å². The van der Waals surface area contributed by atoms with Crippen LogP contribution in [0, 0.1) is 13.8 Å². The van der Waals surface area contributed by atoms with Gasteiger partial charge in [0, 0.05) is 29.3 Å². The molecule has 20 heavy (non-hydrogen) atoms. The van der Waals surface area contributed by atoms with Gasteiger partial charge in [-0.05, 0) is 44.9 Å². The van der Waals surface area contributed by atoms with Gasteiger partial charge in [-0.2, -0.15) is 0 Å². The van der Waals surface area contributed by atoms with Crippen LogP contribution < -0.4 is 10.2 Å². The Morgan fingerprint density at radius 1 is 1.25 bits per heavy atom. The van der Waals surface area contributed by atoms with Crippen LogP contribution in [0.25, 0.3) is 0 Å². The minimum atomic E-state index is 0.862. The summed E-state index contributed by atoms with van der Waals surface area (Å²) in [6.07, 6.45) is 2.63. The van der Waals surface area contributed by atoms with Crippen LogP contribution >= 0.6 is 11.3 Å². The first-order valence-corrected chi connectivity index (χ1v) is 8.06. The minimum Gasteiger partial charge on any atom is -0.380 e. The quantitative estimate of drug-likeness (QED) is 0.922. The molecule has 4 heteroatoms. The summed E-state index contributed by atoms with van der Waals surface area (Å²) in [6, 6.07) is 8.75. The van der Waals surface area contributed by atoms with Gasteiger partial charge in [0.2, 0.25) is 0 Å². The largest absolute Gasteiger partial charge is 0.380 e. The van der Waals surface area contributed by atoms with Crippen LogP contribution in [-0.2, 0) is 6.54 Å². The van der Waals surface area contributed by atoms with Crippen molar-refractivity contribution in [2.75, 3.05) is 23.3 Å². The third-order valence-electron chi connectivity index (χ3n) is 3.77. The molecule has 0 unspecified atom stereocenters. The molecule has 1 aromatic heterocycles. The van der Waals surface area contributed by atoms with Crippen LogP contribution in [0.2, 0.25) is 0 Å². The lowest BCUT2D eigenvalue weighted by Crippen LogP contribution is -2.17. The average Bonchev–Trinajstić information content (AvgIpc) is 3.07. The maximum absolute atomic E-state index is 4.47. The lowest BCUT2D eigenvalue weighted by Gasteiger charge is -2.18. The van der Waals surface area contributed by atoms with Crippen molar-refractivity contribution in [2.24, 2.45) is 0 Å². The van der Waals surface area contributed by atoms with Crippen molar-refractivity contribution in [3.8, 4) is 0 Å². The molecule has 1 aromatic carbocycles. The molecule has 1 aliphatic heterocycles. The Hall–Kier alpha value is -1.55. The molecular formula is C16H21N3S. The van der Waals surface area contributed by atoms with Crippen molar-refractivity contribution in [2.45, 2.75) is 33.2 Å². The molecule has 0 amide bonds. The van der Waals surface area contributed by atoms with Crippen molar-refractivity contribution >= 4 is 22.7 Å². The molecule has 3 rings (SSSR count). The third kappa shape index (κ3) is 2.96. The van der Waals surface area contributed by atoms with E-state index in [1.54, 1.807) is 11.3 Å². The van der Waals surface area contributed by atoms with Gasteiger partial charge in [0.1, 0.15) is 0 Å². The summed E-state index contributed by atoms with van der Waals surface area (Å²) in [4.78, 5) is 8.27. The van der Waals surface area contributed by atoms with E-state index < -0.39 is 0 Å². The predicted molar refractivity (Wildman–Crippen MR) is 86.8 cm³/mol. The highest BCUT2D eigenvalue weighted by molar-refractivity contribution is 7.11. The van der Waals surface area contributed by atoms with Crippen LogP contribution in [0.4, 0.5) is 11.4 Å². The molecule has 0 radical (unpaired) electrons. The van der Waals surface area contributed by atoms with Crippen molar-refractivity contribution in [1.82, 2.24) is 4.98 Å². The number of aryl methyl sites for hydroxylation is 2. The first-order valence-electron chi connectivity index (χ1n) is 7.24. The van der Waals surface area contributed by atoms with Gasteiger partial charge in [-0.25, -0.2) is 4.98 Å². The summed E-state index contributed by atoms with van der Waals surface area (Å²) in [6.45, 7) is 7.39. The van der Waals surface area contributed by atoms with Gasteiger partial charge in [0.25, 0.3) is 0 Å². The van der Waals surface area contributed by atoms with Gasteiger partial charge in [-0.1, -0.05) is 6.07 Å². The number of aromatic nitrogens is 1. The van der Waals surface area contributed by atoms with Crippen LogP contribution in [0.15, 0.2) is 24.3 Å². The van der Waals surface area contributed by atoms with Gasteiger partial charge in [-0.3, -0.25) is 0 Å². The highest BCUT2D eigenvalue weighted by Gasteiger charge is 2.12. The number of nitrogens with one attached hydrogen (secondary N) is 1. The molecule has 0 atom stereocenters. The van der Waals surface area contributed by atoms with Crippen molar-refractivity contribution in [3.63, 3.8) is 0 Å². The molecule has 1 aliphatic rings. The number of hydrogen-bond donors (Lipinski definition) is 1. The molecule has 2 heterocycles. The fourth-order valence-corrected chi connectivity index (χ4v) is 3.58. The van der Waals surface area contributed by atoms with E-state index in [1.165, 1.54) is 42.2 Å². The molecular weight excluding hydrogens is 266 g/mol. The second-order valence-corrected chi connectivity index (χ2v) is 6.63. The Bertz CT molecular complexity index is 585. The average molecular weight is 287 g/mol. The first kappa shape index (κ1) is 13.4. The summed E-state index contributed by atoms with van der Waals surface area (Å²) in [7, 11) is 0. The highest BCUT2D eigenvalue weighted by Crippen LogP contribution is 2.24. The molecule has 1 N–H and O–H groups in total. The number of rotatable bonds is 4. The van der Waals surface area contributed by atoms with E-state index in [1.807, 2.05) is 0 Å². The smallest absolute Gasteiger partial charge is 0.0900 e. The molecule has 2 aromatic rings. The lowest BCUT2D eigenvalue weighted by atomic mass is 10.2. The normalized spacial score (nSPS) is 14.8. The number of thiazole rings is 1. The predicted octanol–water partition coefficient (Wildman–Crippen LogP) is 3.97. The van der Waals surface area contributed by atoms with Crippen molar-refractivity contribution in [3.05, 3.63) is 39.8 Å². The number of anilines is 2. The van der Waals surface area contributed by atoms with Crippen molar-refractivity contribution in [1.29, 1.82) is 0 Å². The molecule has 106 valence electrons. The molecule has 0 bridgehead atoms. The van der Waals surface area contributed by atoms with E-state index >= 15 is 0 Å². The van der Waals surface area contributed by atoms with Gasteiger partial charge < -0.3 is 10.2 Å². The summed E-state index contributed by atoms with van der Waals surface area (Å²) in [5.41, 5.74) is 3.68. The zero-order valence-corrected chi connectivity index (χ0v) is 13.0. The number of hydrogen-bond acceptors (Lipinski definition) is 4. The standard InChI is InChI=1S/C16H21N3S/c1-12-16(20-13(2)18-12)11-17-14-6-5-7-15(10-14)19-8-3-4-9-19/h5-7,10,17H,3-4,8-9,11H2,1-2H3. The van der Waals surface area contributed by atoms with Gasteiger partial charge in [0.05, 0.1) is 17.2 Å². The van der Waals surface area contributed by atoms with E-state index in [4.69, 9.17) is 0 Å². The second kappa shape index (κ2) is 5.83. The van der Waals surface area contributed by atoms with Gasteiger partial charge >= 0.3 is 0 Å². The summed E-state index contributed by atoms with van der Waals surface area (Å²) >= 11 is 1.78. The second-order valence-electron chi connectivity index (χ2n) is 5.34. The van der Waals surface area contributed by atoms with E-state index in [0.29, 0.717) is 0 Å². The topological polar surface area (TPSA) is 28.2 Å². The maximum Gasteiger partial charge on any atom is 0.0900 e. The monoisotopic (exact) mass is 287 g/mol. The zero-order chi connectivity index (χ0) is 13.9. The Kier molecular flexibility index (Phi) is 3.92. The van der Waals surface area contributed by atoms with Gasteiger partial charge in [0.15, 0.2) is 0 Å². The minimum absolute atomic E-state index is 0.862. The van der Waals surface area contributed by atoms with Crippen molar-refractivity contribution < 1.29 is 0 Å². The van der Waals surface area contributed by atoms with Crippen LogP contribution in [-0.4, -0.2) is 18.1 Å². The van der Waals surface area contributed by atoms with E-state index in [9.17, 15) is 0 Å². The Labute approximate surface area is 124 Å². The zero-order valence-electron chi connectivity index (χ0n) is 12.1. The first-order chi connectivity index (χ1) is 9.72. The summed E-state index contributed by atoms with van der Waals surface area (Å²) in [5, 5.41) is 4.67. The Morgan fingerprint density at radius 2 is 2.05 bits per heavy atom. The Morgan fingerprint density at radius 3 is 2.75 bits per heavy atom. The van der Waals surface area contributed by atoms with Crippen LogP contribution in [0.5, 0.6) is 0 Å². The van der Waals surface area contributed by atoms with Crippen LogP contribution in [0.1, 0.15) is 28.4 Å². The van der Waals surface area contributed by atoms with E-state index in [-0.39, 0.29) is 0 Å². The van der Waals surface area contributed by atoms with E-state index in [0.717, 1.165) is 17.2 Å². The summed E-state index contributed by atoms with van der Waals surface area (Å²) < 4.78 is 0. The lowest BCUT2D eigenvalue weighted by molar-refractivity contribution is 0.949. The molecule has 0 aliphatic carbocycles. The molecule has 0 saturated carbocycles. The van der Waals surface area contributed by atoms with Gasteiger partial charge in [-0.15, -0.1) is 11.3 Å². The fraction of sp³-hybridized carbons (Fsp3) is 0.438. The molecule has 3 nitrogen and oxygen atoms in total. The maximum atomic E-state index is 4.47. The molecule has 1 saturated heterocycles. The Balaban J connectivity index is 1.68.